The van der Waals surface area contributed by atoms with Gasteiger partial charge in [-0.25, -0.2) is 8.78 Å². The molecule has 0 fully saturated rings. The Morgan fingerprint density at radius 2 is 2.05 bits per heavy atom. The highest BCUT2D eigenvalue weighted by molar-refractivity contribution is 9.11. The van der Waals surface area contributed by atoms with Crippen molar-refractivity contribution >= 4 is 27.3 Å². The molecule has 1 nitrogen and oxygen atoms in total. The smallest absolute Gasteiger partial charge is 0.128 e. The van der Waals surface area contributed by atoms with E-state index in [1.807, 2.05) is 19.1 Å². The molecule has 108 valence electrons. The summed E-state index contributed by atoms with van der Waals surface area (Å²) >= 11 is 5.04. The summed E-state index contributed by atoms with van der Waals surface area (Å²) in [6.07, 6.45) is 1.60. The lowest BCUT2D eigenvalue weighted by Crippen LogP contribution is -2.25. The average Bonchev–Trinajstić information content (AvgIpc) is 2.83. The average molecular weight is 360 g/mol. The molecular formula is C15H16BrF2NS. The zero-order chi connectivity index (χ0) is 14.5. The minimum Gasteiger partial charge on any atom is -0.310 e. The molecule has 20 heavy (non-hydrogen) atoms. The van der Waals surface area contributed by atoms with Crippen molar-refractivity contribution in [3.8, 4) is 0 Å². The Hall–Kier alpha value is -0.780. The molecule has 1 atom stereocenters. The van der Waals surface area contributed by atoms with E-state index in [4.69, 9.17) is 0 Å². The molecule has 2 aromatic rings. The fourth-order valence-electron chi connectivity index (χ4n) is 2.05. The molecule has 0 spiro atoms. The molecule has 0 saturated carbocycles. The minimum absolute atomic E-state index is 0.212. The summed E-state index contributed by atoms with van der Waals surface area (Å²) in [7, 11) is 0. The Labute approximate surface area is 130 Å². The Morgan fingerprint density at radius 3 is 2.70 bits per heavy atom. The number of rotatable bonds is 6. The molecule has 0 aliphatic heterocycles. The van der Waals surface area contributed by atoms with Gasteiger partial charge in [0.25, 0.3) is 0 Å². The van der Waals surface area contributed by atoms with Crippen LogP contribution in [0.25, 0.3) is 0 Å². The second kappa shape index (κ2) is 7.29. The van der Waals surface area contributed by atoms with Gasteiger partial charge in [-0.2, -0.15) is 0 Å². The fourth-order valence-corrected chi connectivity index (χ4v) is 3.58. The summed E-state index contributed by atoms with van der Waals surface area (Å²) in [5, 5.41) is 3.30. The molecule has 0 amide bonds. The van der Waals surface area contributed by atoms with Crippen LogP contribution in [0.4, 0.5) is 8.78 Å². The first-order valence-corrected chi connectivity index (χ1v) is 8.13. The molecule has 1 N–H and O–H groups in total. The van der Waals surface area contributed by atoms with Gasteiger partial charge in [0.05, 0.1) is 3.79 Å². The van der Waals surface area contributed by atoms with Gasteiger partial charge in [-0.1, -0.05) is 6.92 Å². The molecule has 0 radical (unpaired) electrons. The summed E-state index contributed by atoms with van der Waals surface area (Å²) in [4.78, 5) is 1.13. The monoisotopic (exact) mass is 359 g/mol. The summed E-state index contributed by atoms with van der Waals surface area (Å²) in [5.74, 6) is -0.771. The third-order valence-electron chi connectivity index (χ3n) is 3.01. The molecule has 1 aromatic carbocycles. The summed E-state index contributed by atoms with van der Waals surface area (Å²) in [5.41, 5.74) is 0.392. The highest BCUT2D eigenvalue weighted by Crippen LogP contribution is 2.28. The lowest BCUT2D eigenvalue weighted by atomic mass is 10.0. The fraction of sp³-hybridized carbons (Fsp3) is 0.333. The molecule has 1 unspecified atom stereocenters. The van der Waals surface area contributed by atoms with Crippen LogP contribution in [0, 0.1) is 11.6 Å². The van der Waals surface area contributed by atoms with Gasteiger partial charge >= 0.3 is 0 Å². The maximum Gasteiger partial charge on any atom is 0.128 e. The van der Waals surface area contributed by atoms with Gasteiger partial charge in [-0.15, -0.1) is 11.3 Å². The molecule has 0 aliphatic rings. The number of hydrogen-bond donors (Lipinski definition) is 1. The van der Waals surface area contributed by atoms with Crippen LogP contribution in [0.2, 0.25) is 0 Å². The zero-order valence-corrected chi connectivity index (χ0v) is 13.5. The molecule has 1 aromatic heterocycles. The van der Waals surface area contributed by atoms with Crippen LogP contribution < -0.4 is 5.32 Å². The van der Waals surface area contributed by atoms with Gasteiger partial charge in [-0.3, -0.25) is 0 Å². The van der Waals surface area contributed by atoms with Gasteiger partial charge in [0, 0.05) is 22.9 Å². The van der Waals surface area contributed by atoms with E-state index in [1.165, 1.54) is 12.1 Å². The van der Waals surface area contributed by atoms with Gasteiger partial charge in [0.2, 0.25) is 0 Å². The van der Waals surface area contributed by atoms with Crippen molar-refractivity contribution in [2.75, 3.05) is 6.54 Å². The molecule has 2 rings (SSSR count). The number of nitrogens with one attached hydrogen (secondary N) is 1. The number of halogens is 3. The SMILES string of the molecule is CCCNC(Cc1ccc(Br)s1)c1cc(F)ccc1F. The van der Waals surface area contributed by atoms with Crippen molar-refractivity contribution < 1.29 is 8.78 Å². The molecule has 5 heteroatoms. The molecule has 0 bridgehead atoms. The third kappa shape index (κ3) is 4.11. The van der Waals surface area contributed by atoms with Crippen molar-refractivity contribution in [1.29, 1.82) is 0 Å². The Bertz CT molecular complexity index is 571. The van der Waals surface area contributed by atoms with Crippen LogP contribution >= 0.6 is 27.3 Å². The van der Waals surface area contributed by atoms with E-state index in [9.17, 15) is 8.78 Å². The number of thiophene rings is 1. The van der Waals surface area contributed by atoms with E-state index >= 15 is 0 Å². The topological polar surface area (TPSA) is 12.0 Å². The largest absolute Gasteiger partial charge is 0.310 e. The van der Waals surface area contributed by atoms with Crippen molar-refractivity contribution in [3.05, 3.63) is 56.2 Å². The minimum atomic E-state index is -0.406. The molecule has 0 aliphatic carbocycles. The second-order valence-electron chi connectivity index (χ2n) is 4.58. The second-order valence-corrected chi connectivity index (χ2v) is 7.13. The highest BCUT2D eigenvalue weighted by atomic mass is 79.9. The van der Waals surface area contributed by atoms with Crippen LogP contribution in [0.1, 0.15) is 29.8 Å². The van der Waals surface area contributed by atoms with E-state index in [0.717, 1.165) is 27.7 Å². The third-order valence-corrected chi connectivity index (χ3v) is 4.65. The normalized spacial score (nSPS) is 12.6. The van der Waals surface area contributed by atoms with E-state index in [0.29, 0.717) is 12.0 Å². The first kappa shape index (κ1) is 15.6. The van der Waals surface area contributed by atoms with Crippen LogP contribution in [-0.4, -0.2) is 6.54 Å². The Morgan fingerprint density at radius 1 is 1.25 bits per heavy atom. The lowest BCUT2D eigenvalue weighted by Gasteiger charge is -2.19. The maximum atomic E-state index is 13.9. The summed E-state index contributed by atoms with van der Waals surface area (Å²) < 4.78 is 28.4. The van der Waals surface area contributed by atoms with E-state index in [1.54, 1.807) is 11.3 Å². The lowest BCUT2D eigenvalue weighted by molar-refractivity contribution is 0.492. The highest BCUT2D eigenvalue weighted by Gasteiger charge is 2.17. The standard InChI is InChI=1S/C15H16BrF2NS/c1-2-7-19-14(9-11-4-6-15(16)20-11)12-8-10(17)3-5-13(12)18/h3-6,8,14,19H,2,7,9H2,1H3. The van der Waals surface area contributed by atoms with Gasteiger partial charge in [0.1, 0.15) is 11.6 Å². The summed E-state index contributed by atoms with van der Waals surface area (Å²) in [6.45, 7) is 2.82. The van der Waals surface area contributed by atoms with Crippen molar-refractivity contribution in [2.45, 2.75) is 25.8 Å². The van der Waals surface area contributed by atoms with E-state index in [-0.39, 0.29) is 11.9 Å². The summed E-state index contributed by atoms with van der Waals surface area (Å²) in [6, 6.07) is 7.39. The predicted molar refractivity (Wildman–Crippen MR) is 83.1 cm³/mol. The zero-order valence-electron chi connectivity index (χ0n) is 11.1. The first-order valence-electron chi connectivity index (χ1n) is 6.52. The number of hydrogen-bond acceptors (Lipinski definition) is 2. The van der Waals surface area contributed by atoms with Crippen LogP contribution in [-0.2, 0) is 6.42 Å². The number of benzene rings is 1. The first-order chi connectivity index (χ1) is 9.60. The predicted octanol–water partition coefficient (Wildman–Crippen LogP) is 5.07. The van der Waals surface area contributed by atoms with Crippen molar-refractivity contribution in [3.63, 3.8) is 0 Å². The quantitative estimate of drug-likeness (QED) is 0.758. The van der Waals surface area contributed by atoms with E-state index < -0.39 is 5.82 Å². The molecule has 0 saturated heterocycles. The molecule has 1 heterocycles. The van der Waals surface area contributed by atoms with Gasteiger partial charge in [0.15, 0.2) is 0 Å². The van der Waals surface area contributed by atoms with Gasteiger partial charge < -0.3 is 5.32 Å². The van der Waals surface area contributed by atoms with Gasteiger partial charge in [-0.05, 0) is 59.2 Å². The van der Waals surface area contributed by atoms with Crippen LogP contribution in [0.3, 0.4) is 0 Å². The van der Waals surface area contributed by atoms with Crippen LogP contribution in [0.5, 0.6) is 0 Å². The van der Waals surface area contributed by atoms with Crippen molar-refractivity contribution in [2.24, 2.45) is 0 Å². The maximum absolute atomic E-state index is 13.9. The molecular weight excluding hydrogens is 344 g/mol. The Balaban J connectivity index is 2.24. The Kier molecular flexibility index (Phi) is 5.69. The van der Waals surface area contributed by atoms with Crippen LogP contribution in [0.15, 0.2) is 34.1 Å². The van der Waals surface area contributed by atoms with E-state index in [2.05, 4.69) is 21.2 Å². The van der Waals surface area contributed by atoms with Crippen molar-refractivity contribution in [1.82, 2.24) is 5.32 Å².